The first-order valence-corrected chi connectivity index (χ1v) is 10.6. The number of carbonyl (C=O) groups is 1. The van der Waals surface area contributed by atoms with Gasteiger partial charge in [-0.3, -0.25) is 4.79 Å². The smallest absolute Gasteiger partial charge is 0.262 e. The molecule has 9 heteroatoms. The number of amides is 1. The van der Waals surface area contributed by atoms with Crippen LogP contribution in [-0.4, -0.2) is 50.5 Å². The number of hydrogen-bond acceptors (Lipinski definition) is 5. The van der Waals surface area contributed by atoms with Gasteiger partial charge in [-0.05, 0) is 50.2 Å². The molecule has 3 rings (SSSR count). The first-order valence-electron chi connectivity index (χ1n) is 9.18. The van der Waals surface area contributed by atoms with Gasteiger partial charge in [-0.1, -0.05) is 6.07 Å². The van der Waals surface area contributed by atoms with E-state index in [4.69, 9.17) is 9.47 Å². The number of nitrogens with zero attached hydrogens (tertiary/aromatic N) is 1. The number of ether oxygens (including phenoxy) is 2. The fourth-order valence-corrected chi connectivity index (χ4v) is 4.68. The molecule has 0 unspecified atom stereocenters. The average Bonchev–Trinajstić information content (AvgIpc) is 2.66. The largest absolute Gasteiger partial charge is 0.484 e. The maximum absolute atomic E-state index is 13.1. The highest BCUT2D eigenvalue weighted by Gasteiger charge is 2.32. The standard InChI is InChI=1S/C20H23FN2O5S/c1-14-11-23(12-15(2)28-14)29(25,26)19-8-6-17(7-9-19)22-20(24)13-27-18-5-3-4-16(21)10-18/h3-10,14-15H,11-13H2,1-2H3,(H,22,24)/t14-,15-/m1/s1. The number of nitrogens with one attached hydrogen (secondary N) is 1. The van der Waals surface area contributed by atoms with Crippen molar-refractivity contribution in [3.63, 3.8) is 0 Å². The quantitative estimate of drug-likeness (QED) is 0.774. The van der Waals surface area contributed by atoms with Gasteiger partial charge in [-0.15, -0.1) is 0 Å². The molecule has 0 spiro atoms. The first kappa shape index (κ1) is 21.2. The van der Waals surface area contributed by atoms with Crippen molar-refractivity contribution in [3.05, 3.63) is 54.3 Å². The van der Waals surface area contributed by atoms with E-state index >= 15 is 0 Å². The van der Waals surface area contributed by atoms with Gasteiger partial charge in [0.15, 0.2) is 6.61 Å². The number of carbonyl (C=O) groups excluding carboxylic acids is 1. The van der Waals surface area contributed by atoms with Gasteiger partial charge >= 0.3 is 0 Å². The van der Waals surface area contributed by atoms with Crippen LogP contribution in [0.1, 0.15) is 13.8 Å². The number of sulfonamides is 1. The van der Waals surface area contributed by atoms with Crippen LogP contribution in [0, 0.1) is 5.82 Å². The highest BCUT2D eigenvalue weighted by Crippen LogP contribution is 2.22. The number of halogens is 1. The van der Waals surface area contributed by atoms with Crippen molar-refractivity contribution in [2.75, 3.05) is 25.0 Å². The van der Waals surface area contributed by atoms with Gasteiger partial charge in [0.1, 0.15) is 11.6 Å². The topological polar surface area (TPSA) is 84.9 Å². The molecule has 1 amide bonds. The summed E-state index contributed by atoms with van der Waals surface area (Å²) in [4.78, 5) is 12.1. The van der Waals surface area contributed by atoms with E-state index < -0.39 is 21.7 Å². The second kappa shape index (κ2) is 8.89. The van der Waals surface area contributed by atoms with Gasteiger partial charge in [-0.25, -0.2) is 12.8 Å². The third kappa shape index (κ3) is 5.53. The molecule has 1 N–H and O–H groups in total. The second-order valence-electron chi connectivity index (χ2n) is 6.90. The van der Waals surface area contributed by atoms with Crippen LogP contribution < -0.4 is 10.1 Å². The minimum absolute atomic E-state index is 0.146. The Bertz CT molecular complexity index is 955. The molecular formula is C20H23FN2O5S. The van der Waals surface area contributed by atoms with Gasteiger partial charge in [0.05, 0.1) is 17.1 Å². The highest BCUT2D eigenvalue weighted by molar-refractivity contribution is 7.89. The number of benzene rings is 2. The Labute approximate surface area is 169 Å². The lowest BCUT2D eigenvalue weighted by molar-refractivity contribution is -0.118. The summed E-state index contributed by atoms with van der Waals surface area (Å²) in [5, 5.41) is 2.61. The van der Waals surface area contributed by atoms with Crippen LogP contribution in [-0.2, 0) is 19.6 Å². The van der Waals surface area contributed by atoms with Gasteiger partial charge in [0, 0.05) is 24.8 Å². The predicted molar refractivity (Wildman–Crippen MR) is 106 cm³/mol. The summed E-state index contributed by atoms with van der Waals surface area (Å²) >= 11 is 0. The molecule has 1 aliphatic heterocycles. The molecule has 0 radical (unpaired) electrons. The summed E-state index contributed by atoms with van der Waals surface area (Å²) in [6.45, 7) is 3.96. The third-order valence-corrected chi connectivity index (χ3v) is 6.17. The predicted octanol–water partition coefficient (Wildman–Crippen LogP) is 2.64. The van der Waals surface area contributed by atoms with Crippen LogP contribution in [0.4, 0.5) is 10.1 Å². The van der Waals surface area contributed by atoms with E-state index in [2.05, 4.69) is 5.32 Å². The lowest BCUT2D eigenvalue weighted by Crippen LogP contribution is -2.48. The molecule has 0 bridgehead atoms. The van der Waals surface area contributed by atoms with Crippen LogP contribution in [0.25, 0.3) is 0 Å². The Hall–Kier alpha value is -2.49. The Morgan fingerprint density at radius 3 is 2.45 bits per heavy atom. The van der Waals surface area contributed by atoms with Crippen LogP contribution in [0.2, 0.25) is 0 Å². The van der Waals surface area contributed by atoms with E-state index in [0.29, 0.717) is 18.8 Å². The fourth-order valence-electron chi connectivity index (χ4n) is 3.09. The highest BCUT2D eigenvalue weighted by atomic mass is 32.2. The molecule has 7 nitrogen and oxygen atoms in total. The zero-order valence-electron chi connectivity index (χ0n) is 16.2. The third-order valence-electron chi connectivity index (χ3n) is 4.33. The Kier molecular flexibility index (Phi) is 6.51. The second-order valence-corrected chi connectivity index (χ2v) is 8.84. The van der Waals surface area contributed by atoms with E-state index in [-0.39, 0.29) is 29.5 Å². The maximum atomic E-state index is 13.1. The van der Waals surface area contributed by atoms with E-state index in [1.54, 1.807) is 6.07 Å². The number of anilines is 1. The van der Waals surface area contributed by atoms with Crippen molar-refractivity contribution >= 4 is 21.6 Å². The Morgan fingerprint density at radius 1 is 1.17 bits per heavy atom. The molecule has 1 aliphatic rings. The van der Waals surface area contributed by atoms with Crippen LogP contribution in [0.5, 0.6) is 5.75 Å². The molecule has 2 atom stereocenters. The van der Waals surface area contributed by atoms with Gasteiger partial charge < -0.3 is 14.8 Å². The molecule has 1 heterocycles. The molecule has 0 aromatic heterocycles. The molecule has 29 heavy (non-hydrogen) atoms. The van der Waals surface area contributed by atoms with Crippen molar-refractivity contribution in [1.29, 1.82) is 0 Å². The number of rotatable bonds is 6. The van der Waals surface area contributed by atoms with Crippen molar-refractivity contribution in [2.45, 2.75) is 31.0 Å². The molecular weight excluding hydrogens is 399 g/mol. The summed E-state index contributed by atoms with van der Waals surface area (Å²) in [5.74, 6) is -0.653. The van der Waals surface area contributed by atoms with Crippen molar-refractivity contribution in [2.24, 2.45) is 0 Å². The summed E-state index contributed by atoms with van der Waals surface area (Å²) in [5.41, 5.74) is 0.431. The SMILES string of the molecule is C[C@@H]1CN(S(=O)(=O)c2ccc(NC(=O)COc3cccc(F)c3)cc2)C[C@@H](C)O1. The summed E-state index contributed by atoms with van der Waals surface area (Å²) in [7, 11) is -3.64. The molecule has 0 saturated carbocycles. The summed E-state index contributed by atoms with van der Waals surface area (Å²) < 4.78 is 51.0. The van der Waals surface area contributed by atoms with Gasteiger partial charge in [0.2, 0.25) is 10.0 Å². The molecule has 2 aromatic carbocycles. The minimum Gasteiger partial charge on any atom is -0.484 e. The lowest BCUT2D eigenvalue weighted by atomic mass is 10.3. The van der Waals surface area contributed by atoms with Gasteiger partial charge in [0.25, 0.3) is 5.91 Å². The first-order chi connectivity index (χ1) is 13.7. The Morgan fingerprint density at radius 2 is 1.83 bits per heavy atom. The van der Waals surface area contributed by atoms with E-state index in [9.17, 15) is 17.6 Å². The monoisotopic (exact) mass is 422 g/mol. The molecule has 2 aromatic rings. The zero-order valence-corrected chi connectivity index (χ0v) is 17.0. The van der Waals surface area contributed by atoms with Crippen LogP contribution in [0.3, 0.4) is 0 Å². The minimum atomic E-state index is -3.64. The normalized spacial score (nSPS) is 20.2. The van der Waals surface area contributed by atoms with Crippen molar-refractivity contribution < 1.29 is 27.1 Å². The number of morpholine rings is 1. The zero-order chi connectivity index (χ0) is 21.0. The average molecular weight is 422 g/mol. The van der Waals surface area contributed by atoms with E-state index in [0.717, 1.165) is 0 Å². The molecule has 1 saturated heterocycles. The Balaban J connectivity index is 1.60. The van der Waals surface area contributed by atoms with E-state index in [1.807, 2.05) is 13.8 Å². The molecule has 156 valence electrons. The molecule has 1 fully saturated rings. The van der Waals surface area contributed by atoms with Crippen molar-refractivity contribution in [1.82, 2.24) is 4.31 Å². The fraction of sp³-hybridized carbons (Fsp3) is 0.350. The maximum Gasteiger partial charge on any atom is 0.262 e. The summed E-state index contributed by atoms with van der Waals surface area (Å²) in [6.07, 6.45) is -0.352. The van der Waals surface area contributed by atoms with E-state index in [1.165, 1.54) is 46.8 Å². The number of hydrogen-bond donors (Lipinski definition) is 1. The van der Waals surface area contributed by atoms with Crippen LogP contribution >= 0.6 is 0 Å². The lowest BCUT2D eigenvalue weighted by Gasteiger charge is -2.34. The van der Waals surface area contributed by atoms with Crippen LogP contribution in [0.15, 0.2) is 53.4 Å². The summed E-state index contributed by atoms with van der Waals surface area (Å²) in [6, 6.07) is 11.4. The van der Waals surface area contributed by atoms with Gasteiger partial charge in [-0.2, -0.15) is 4.31 Å². The van der Waals surface area contributed by atoms with Crippen molar-refractivity contribution in [3.8, 4) is 5.75 Å². The molecule has 0 aliphatic carbocycles.